The predicted octanol–water partition coefficient (Wildman–Crippen LogP) is 5.32. The molecule has 0 unspecified atom stereocenters. The van der Waals surface area contributed by atoms with E-state index in [1.165, 1.54) is 22.3 Å². The summed E-state index contributed by atoms with van der Waals surface area (Å²) in [7, 11) is -1.35. The van der Waals surface area contributed by atoms with Gasteiger partial charge in [0.1, 0.15) is 0 Å². The molecule has 0 N–H and O–H groups in total. The van der Waals surface area contributed by atoms with E-state index in [4.69, 9.17) is 4.43 Å². The third-order valence-corrected chi connectivity index (χ3v) is 4.68. The van der Waals surface area contributed by atoms with Crippen molar-refractivity contribution in [3.8, 4) is 0 Å². The molecule has 0 atom stereocenters. The summed E-state index contributed by atoms with van der Waals surface area (Å²) >= 11 is 0. The van der Waals surface area contributed by atoms with Crippen LogP contribution in [0.1, 0.15) is 26.2 Å². The molecule has 0 aliphatic heterocycles. The zero-order valence-corrected chi connectivity index (χ0v) is 14.2. The van der Waals surface area contributed by atoms with Crippen molar-refractivity contribution in [2.24, 2.45) is 0 Å². The Hall–Kier alpha value is -1.12. The topological polar surface area (TPSA) is 9.23 Å². The second-order valence-electron chi connectivity index (χ2n) is 6.40. The van der Waals surface area contributed by atoms with Crippen LogP contribution < -0.4 is 0 Å². The lowest BCUT2D eigenvalue weighted by atomic mass is 9.99. The van der Waals surface area contributed by atoms with Crippen LogP contribution in [0.3, 0.4) is 0 Å². The highest BCUT2D eigenvalue weighted by atomic mass is 28.4. The van der Waals surface area contributed by atoms with E-state index >= 15 is 0 Å². The van der Waals surface area contributed by atoms with Crippen LogP contribution in [0.25, 0.3) is 0 Å². The van der Waals surface area contributed by atoms with Crippen LogP contribution in [0.2, 0.25) is 19.6 Å². The summed E-state index contributed by atoms with van der Waals surface area (Å²) in [5, 5.41) is 0. The summed E-state index contributed by atoms with van der Waals surface area (Å²) in [5.74, 6) is 0. The van der Waals surface area contributed by atoms with E-state index in [-0.39, 0.29) is 0 Å². The molecule has 0 saturated heterocycles. The van der Waals surface area contributed by atoms with Crippen LogP contribution in [-0.4, -0.2) is 14.9 Å². The molecule has 20 heavy (non-hydrogen) atoms. The first kappa shape index (κ1) is 15.3. The van der Waals surface area contributed by atoms with Crippen LogP contribution in [-0.2, 0) is 4.43 Å². The molecule has 0 radical (unpaired) electrons. The SMILES string of the molecule is CC=C1C=CC(C2=C(CCCO[Si](C)(C)C)C=CC2)=C1. The molecule has 1 nitrogen and oxygen atoms in total. The second kappa shape index (κ2) is 6.55. The van der Waals surface area contributed by atoms with Crippen molar-refractivity contribution >= 4 is 8.32 Å². The van der Waals surface area contributed by atoms with Gasteiger partial charge in [-0.15, -0.1) is 0 Å². The van der Waals surface area contributed by atoms with Gasteiger partial charge in [0.15, 0.2) is 8.32 Å². The smallest absolute Gasteiger partial charge is 0.183 e. The lowest BCUT2D eigenvalue weighted by molar-refractivity contribution is 0.305. The molecule has 108 valence electrons. The van der Waals surface area contributed by atoms with Crippen molar-refractivity contribution < 1.29 is 4.43 Å². The quantitative estimate of drug-likeness (QED) is 0.474. The van der Waals surface area contributed by atoms with E-state index in [1.807, 2.05) is 0 Å². The molecule has 0 spiro atoms. The molecule has 0 amide bonds. The molecular formula is C18H26OSi. The number of hydrogen-bond acceptors (Lipinski definition) is 1. The Morgan fingerprint density at radius 3 is 2.65 bits per heavy atom. The van der Waals surface area contributed by atoms with E-state index in [9.17, 15) is 0 Å². The summed E-state index contributed by atoms with van der Waals surface area (Å²) in [6.07, 6.45) is 16.8. The average molecular weight is 286 g/mol. The monoisotopic (exact) mass is 286 g/mol. The molecule has 2 rings (SSSR count). The minimum absolute atomic E-state index is 0.898. The van der Waals surface area contributed by atoms with E-state index in [0.29, 0.717) is 0 Å². The van der Waals surface area contributed by atoms with Crippen molar-refractivity contribution in [1.29, 1.82) is 0 Å². The molecule has 0 saturated carbocycles. The minimum atomic E-state index is -1.35. The Labute approximate surface area is 124 Å². The van der Waals surface area contributed by atoms with E-state index in [0.717, 1.165) is 25.9 Å². The summed E-state index contributed by atoms with van der Waals surface area (Å²) in [5.41, 5.74) is 5.72. The van der Waals surface area contributed by atoms with Crippen molar-refractivity contribution in [2.45, 2.75) is 45.8 Å². The molecule has 0 heterocycles. The maximum Gasteiger partial charge on any atom is 0.183 e. The second-order valence-corrected chi connectivity index (χ2v) is 10.9. The van der Waals surface area contributed by atoms with Gasteiger partial charge in [0.25, 0.3) is 0 Å². The Morgan fingerprint density at radius 1 is 1.20 bits per heavy atom. The first-order valence-electron chi connectivity index (χ1n) is 7.58. The fraction of sp³-hybridized carbons (Fsp3) is 0.444. The summed E-state index contributed by atoms with van der Waals surface area (Å²) in [6, 6.07) is 0. The van der Waals surface area contributed by atoms with Gasteiger partial charge >= 0.3 is 0 Å². The third-order valence-electron chi connectivity index (χ3n) is 3.61. The van der Waals surface area contributed by atoms with Crippen molar-refractivity contribution in [3.05, 3.63) is 58.7 Å². The van der Waals surface area contributed by atoms with Gasteiger partial charge in [-0.3, -0.25) is 0 Å². The highest BCUT2D eigenvalue weighted by Crippen LogP contribution is 2.32. The molecular weight excluding hydrogens is 260 g/mol. The van der Waals surface area contributed by atoms with Crippen molar-refractivity contribution in [1.82, 2.24) is 0 Å². The van der Waals surface area contributed by atoms with Gasteiger partial charge in [0.2, 0.25) is 0 Å². The van der Waals surface area contributed by atoms with Gasteiger partial charge in [-0.2, -0.15) is 0 Å². The van der Waals surface area contributed by atoms with Crippen LogP contribution in [0.15, 0.2) is 58.7 Å². The minimum Gasteiger partial charge on any atom is -0.418 e. The fourth-order valence-corrected chi connectivity index (χ4v) is 3.31. The summed E-state index contributed by atoms with van der Waals surface area (Å²) < 4.78 is 5.94. The first-order valence-corrected chi connectivity index (χ1v) is 11.0. The normalized spacial score (nSPS) is 20.4. The molecule has 2 aliphatic carbocycles. The molecule has 0 bridgehead atoms. The van der Waals surface area contributed by atoms with E-state index < -0.39 is 8.32 Å². The Balaban J connectivity index is 1.94. The molecule has 0 aromatic carbocycles. The van der Waals surface area contributed by atoms with Crippen molar-refractivity contribution in [2.75, 3.05) is 6.61 Å². The van der Waals surface area contributed by atoms with Gasteiger partial charge in [-0.1, -0.05) is 30.4 Å². The number of rotatable bonds is 6. The maximum atomic E-state index is 5.94. The molecule has 2 aliphatic rings. The zero-order chi connectivity index (χ0) is 14.6. The Morgan fingerprint density at radius 2 is 2.00 bits per heavy atom. The lowest BCUT2D eigenvalue weighted by Crippen LogP contribution is -2.25. The third kappa shape index (κ3) is 4.19. The van der Waals surface area contributed by atoms with Gasteiger partial charge in [0, 0.05) is 6.61 Å². The predicted molar refractivity (Wildman–Crippen MR) is 90.3 cm³/mol. The van der Waals surface area contributed by atoms with Gasteiger partial charge in [-0.25, -0.2) is 0 Å². The van der Waals surface area contributed by atoms with Gasteiger partial charge in [0.05, 0.1) is 0 Å². The van der Waals surface area contributed by atoms with E-state index in [2.05, 4.69) is 63.0 Å². The van der Waals surface area contributed by atoms with Crippen LogP contribution in [0.5, 0.6) is 0 Å². The standard InChI is InChI=1S/C18H26OSi/c1-5-15-11-12-17(14-15)18-10-6-8-16(18)9-7-13-19-20(2,3)4/h5-6,8,11-12,14H,7,9-10,13H2,1-4H3. The van der Waals surface area contributed by atoms with E-state index in [1.54, 1.807) is 0 Å². The van der Waals surface area contributed by atoms with Crippen LogP contribution in [0.4, 0.5) is 0 Å². The molecule has 0 aromatic rings. The highest BCUT2D eigenvalue weighted by molar-refractivity contribution is 6.69. The molecule has 2 heteroatoms. The average Bonchev–Trinajstić information content (AvgIpc) is 3.01. The fourth-order valence-electron chi connectivity index (χ4n) is 2.56. The first-order chi connectivity index (χ1) is 9.49. The molecule has 0 aromatic heterocycles. The molecule has 0 fully saturated rings. The lowest BCUT2D eigenvalue weighted by Gasteiger charge is -2.17. The number of allylic oxidation sites excluding steroid dienone is 10. The van der Waals surface area contributed by atoms with Crippen LogP contribution in [0, 0.1) is 0 Å². The largest absolute Gasteiger partial charge is 0.418 e. The summed E-state index contributed by atoms with van der Waals surface area (Å²) in [6.45, 7) is 9.74. The summed E-state index contributed by atoms with van der Waals surface area (Å²) in [4.78, 5) is 0. The maximum absolute atomic E-state index is 5.94. The zero-order valence-electron chi connectivity index (χ0n) is 13.2. The number of hydrogen-bond donors (Lipinski definition) is 0. The van der Waals surface area contributed by atoms with Crippen molar-refractivity contribution in [3.63, 3.8) is 0 Å². The van der Waals surface area contributed by atoms with Gasteiger partial charge < -0.3 is 4.43 Å². The Kier molecular flexibility index (Phi) is 5.00. The highest BCUT2D eigenvalue weighted by Gasteiger charge is 2.16. The van der Waals surface area contributed by atoms with Gasteiger partial charge in [-0.05, 0) is 74.2 Å². The van der Waals surface area contributed by atoms with Crippen LogP contribution >= 0.6 is 0 Å². The Bertz CT molecular complexity index is 510.